The molecule has 0 fully saturated rings. The Kier molecular flexibility index (Phi) is 3.94. The van der Waals surface area contributed by atoms with E-state index in [9.17, 15) is 0 Å². The minimum atomic E-state index is 0.253. The third-order valence-corrected chi connectivity index (χ3v) is 2.74. The maximum Gasteiger partial charge on any atom is 0.273 e. The number of ether oxygens (including phenoxy) is 1. The van der Waals surface area contributed by atoms with Gasteiger partial charge in [-0.15, -0.1) is 0 Å². The van der Waals surface area contributed by atoms with Gasteiger partial charge in [0.2, 0.25) is 0 Å². The van der Waals surface area contributed by atoms with E-state index in [2.05, 4.69) is 47.5 Å². The minimum absolute atomic E-state index is 0.253. The van der Waals surface area contributed by atoms with Crippen molar-refractivity contribution in [2.45, 2.75) is 19.5 Å². The van der Waals surface area contributed by atoms with Crippen LogP contribution in [0.1, 0.15) is 12.5 Å². The van der Waals surface area contributed by atoms with E-state index in [0.29, 0.717) is 6.61 Å². The topological polar surface area (TPSA) is 24.8 Å². The molecule has 0 spiro atoms. The SMILES string of the molecule is CCN(Cc1ccccc1)CC1CO[C]=N1. The van der Waals surface area contributed by atoms with Gasteiger partial charge < -0.3 is 4.74 Å². The second kappa shape index (κ2) is 5.66. The first-order chi connectivity index (χ1) is 7.88. The van der Waals surface area contributed by atoms with Gasteiger partial charge in [0.05, 0.1) is 0 Å². The molecule has 3 nitrogen and oxygen atoms in total. The Morgan fingerprint density at radius 1 is 1.44 bits per heavy atom. The van der Waals surface area contributed by atoms with Crippen LogP contribution < -0.4 is 0 Å². The summed E-state index contributed by atoms with van der Waals surface area (Å²) in [4.78, 5) is 6.53. The highest BCUT2D eigenvalue weighted by Gasteiger charge is 2.16. The van der Waals surface area contributed by atoms with Gasteiger partial charge in [-0.2, -0.15) is 0 Å². The molecule has 1 aliphatic heterocycles. The Morgan fingerprint density at radius 3 is 2.88 bits per heavy atom. The Bertz CT molecular complexity index is 337. The van der Waals surface area contributed by atoms with Crippen molar-refractivity contribution >= 4 is 6.40 Å². The summed E-state index contributed by atoms with van der Waals surface area (Å²) in [7, 11) is 0. The molecule has 1 unspecified atom stereocenters. The third-order valence-electron chi connectivity index (χ3n) is 2.74. The van der Waals surface area contributed by atoms with Gasteiger partial charge in [0.25, 0.3) is 6.40 Å². The van der Waals surface area contributed by atoms with E-state index in [1.165, 1.54) is 5.56 Å². The number of benzene rings is 1. The van der Waals surface area contributed by atoms with Crippen molar-refractivity contribution in [2.24, 2.45) is 4.99 Å². The monoisotopic (exact) mass is 217 g/mol. The predicted octanol–water partition coefficient (Wildman–Crippen LogP) is 1.81. The van der Waals surface area contributed by atoms with E-state index in [4.69, 9.17) is 4.74 Å². The van der Waals surface area contributed by atoms with Crippen molar-refractivity contribution in [2.75, 3.05) is 19.7 Å². The highest BCUT2D eigenvalue weighted by atomic mass is 16.5. The van der Waals surface area contributed by atoms with Crippen LogP contribution in [-0.2, 0) is 11.3 Å². The van der Waals surface area contributed by atoms with Gasteiger partial charge in [0, 0.05) is 13.1 Å². The summed E-state index contributed by atoms with van der Waals surface area (Å²) in [6.45, 7) is 5.79. The summed E-state index contributed by atoms with van der Waals surface area (Å²) in [6, 6.07) is 10.8. The van der Waals surface area contributed by atoms with E-state index >= 15 is 0 Å². The standard InChI is InChI=1S/C13H17N2O/c1-2-15(9-13-10-16-11-14-13)8-12-6-4-3-5-7-12/h3-7,13H,2,8-10H2,1H3. The number of aliphatic imine (C=N–C) groups is 1. The first-order valence-corrected chi connectivity index (χ1v) is 5.71. The first kappa shape index (κ1) is 11.1. The molecule has 1 aromatic rings. The summed E-state index contributed by atoms with van der Waals surface area (Å²) in [5.74, 6) is 0. The van der Waals surface area contributed by atoms with Gasteiger partial charge in [-0.1, -0.05) is 37.3 Å². The number of likely N-dealkylation sites (N-methyl/N-ethyl adjacent to an activating group) is 1. The van der Waals surface area contributed by atoms with Crippen LogP contribution in [0.2, 0.25) is 0 Å². The zero-order valence-corrected chi connectivity index (χ0v) is 9.60. The van der Waals surface area contributed by atoms with Gasteiger partial charge in [0.15, 0.2) is 0 Å². The maximum atomic E-state index is 5.01. The van der Waals surface area contributed by atoms with Crippen LogP contribution >= 0.6 is 0 Å². The normalized spacial score (nSPS) is 19.0. The summed E-state index contributed by atoms with van der Waals surface area (Å²) >= 11 is 0. The van der Waals surface area contributed by atoms with Crippen LogP contribution in [0.5, 0.6) is 0 Å². The molecule has 0 aromatic heterocycles. The van der Waals surface area contributed by atoms with Crippen molar-refractivity contribution in [3.63, 3.8) is 0 Å². The fourth-order valence-corrected chi connectivity index (χ4v) is 1.82. The minimum Gasteiger partial charge on any atom is -0.472 e. The fraction of sp³-hybridized carbons (Fsp3) is 0.462. The molecule has 0 saturated carbocycles. The molecule has 0 bridgehead atoms. The second-order valence-electron chi connectivity index (χ2n) is 4.00. The largest absolute Gasteiger partial charge is 0.472 e. The quantitative estimate of drug-likeness (QED) is 0.751. The molecular weight excluding hydrogens is 200 g/mol. The van der Waals surface area contributed by atoms with Crippen LogP contribution in [0.25, 0.3) is 0 Å². The highest BCUT2D eigenvalue weighted by molar-refractivity contribution is 5.48. The van der Waals surface area contributed by atoms with E-state index in [-0.39, 0.29) is 6.04 Å². The molecule has 1 heterocycles. The van der Waals surface area contributed by atoms with Crippen molar-refractivity contribution in [1.82, 2.24) is 4.90 Å². The molecule has 1 aromatic carbocycles. The van der Waals surface area contributed by atoms with Crippen molar-refractivity contribution in [3.05, 3.63) is 35.9 Å². The van der Waals surface area contributed by atoms with Crippen LogP contribution in [0, 0.1) is 0 Å². The molecule has 0 aliphatic carbocycles. The molecule has 16 heavy (non-hydrogen) atoms. The lowest BCUT2D eigenvalue weighted by atomic mass is 10.2. The van der Waals surface area contributed by atoms with Crippen LogP contribution in [-0.4, -0.2) is 37.0 Å². The van der Waals surface area contributed by atoms with Gasteiger partial charge in [-0.3, -0.25) is 4.90 Å². The zero-order valence-electron chi connectivity index (χ0n) is 9.60. The number of nitrogens with zero attached hydrogens (tertiary/aromatic N) is 2. The molecule has 0 N–H and O–H groups in total. The molecule has 1 atom stereocenters. The smallest absolute Gasteiger partial charge is 0.273 e. The molecule has 3 heteroatoms. The first-order valence-electron chi connectivity index (χ1n) is 5.71. The molecule has 1 radical (unpaired) electrons. The van der Waals surface area contributed by atoms with Gasteiger partial charge in [-0.05, 0) is 12.1 Å². The molecule has 0 amide bonds. The van der Waals surface area contributed by atoms with Crippen molar-refractivity contribution in [1.29, 1.82) is 0 Å². The molecule has 1 aliphatic rings. The number of rotatable bonds is 5. The lowest BCUT2D eigenvalue weighted by Crippen LogP contribution is -2.31. The van der Waals surface area contributed by atoms with E-state index in [0.717, 1.165) is 19.6 Å². The van der Waals surface area contributed by atoms with Crippen LogP contribution in [0.15, 0.2) is 35.3 Å². The molecular formula is C13H17N2O. The Labute approximate surface area is 96.7 Å². The average molecular weight is 217 g/mol. The maximum absolute atomic E-state index is 5.01. The van der Waals surface area contributed by atoms with Crippen molar-refractivity contribution < 1.29 is 4.74 Å². The Balaban J connectivity index is 1.88. The van der Waals surface area contributed by atoms with E-state index in [1.54, 1.807) is 0 Å². The molecule has 0 saturated heterocycles. The summed E-state index contributed by atoms with van der Waals surface area (Å²) in [5.41, 5.74) is 1.34. The highest BCUT2D eigenvalue weighted by Crippen LogP contribution is 2.07. The number of hydrogen-bond donors (Lipinski definition) is 0. The second-order valence-corrected chi connectivity index (χ2v) is 4.00. The number of hydrogen-bond acceptors (Lipinski definition) is 3. The Morgan fingerprint density at radius 2 is 2.25 bits per heavy atom. The van der Waals surface area contributed by atoms with Gasteiger partial charge in [-0.25, -0.2) is 4.99 Å². The van der Waals surface area contributed by atoms with E-state index in [1.807, 2.05) is 6.07 Å². The van der Waals surface area contributed by atoms with Gasteiger partial charge >= 0.3 is 0 Å². The Hall–Kier alpha value is -1.35. The lowest BCUT2D eigenvalue weighted by Gasteiger charge is -2.22. The summed E-state index contributed by atoms with van der Waals surface area (Å²) in [5, 5.41) is 0. The third kappa shape index (κ3) is 3.07. The summed E-state index contributed by atoms with van der Waals surface area (Å²) in [6.07, 6.45) is 2.56. The lowest BCUT2D eigenvalue weighted by molar-refractivity contribution is 0.233. The molecule has 85 valence electrons. The van der Waals surface area contributed by atoms with Crippen LogP contribution in [0.4, 0.5) is 0 Å². The van der Waals surface area contributed by atoms with Crippen molar-refractivity contribution in [3.8, 4) is 0 Å². The fourth-order valence-electron chi connectivity index (χ4n) is 1.82. The zero-order chi connectivity index (χ0) is 11.2. The predicted molar refractivity (Wildman–Crippen MR) is 64.6 cm³/mol. The summed E-state index contributed by atoms with van der Waals surface area (Å²) < 4.78 is 5.01. The van der Waals surface area contributed by atoms with Gasteiger partial charge in [0.1, 0.15) is 12.6 Å². The molecule has 2 rings (SSSR count). The average Bonchev–Trinajstić information content (AvgIpc) is 2.82. The van der Waals surface area contributed by atoms with E-state index < -0.39 is 0 Å². The van der Waals surface area contributed by atoms with Crippen LogP contribution in [0.3, 0.4) is 0 Å².